The van der Waals surface area contributed by atoms with Crippen LogP contribution in [0.25, 0.3) is 11.6 Å². The van der Waals surface area contributed by atoms with Gasteiger partial charge in [0.2, 0.25) is 0 Å². The summed E-state index contributed by atoms with van der Waals surface area (Å²) in [6.45, 7) is 0.990. The monoisotopic (exact) mass is 341 g/mol. The lowest BCUT2D eigenvalue weighted by Crippen LogP contribution is -2.49. The second-order valence-electron chi connectivity index (χ2n) is 7.38. The molecule has 1 N–H and O–H groups in total. The summed E-state index contributed by atoms with van der Waals surface area (Å²) in [5, 5.41) is 10.2. The number of rotatable bonds is 0. The van der Waals surface area contributed by atoms with Gasteiger partial charge in [-0.05, 0) is 54.4 Å². The highest BCUT2D eigenvalue weighted by molar-refractivity contribution is 5.88. The Balaban J connectivity index is 0.00000146. The molecule has 0 radical (unpaired) electrons. The fraction of sp³-hybridized carbons (Fsp3) is 0.429. The van der Waals surface area contributed by atoms with E-state index >= 15 is 0 Å². The molecule has 5 rings (SSSR count). The van der Waals surface area contributed by atoms with Gasteiger partial charge in [-0.2, -0.15) is 0 Å². The zero-order chi connectivity index (χ0) is 15.4. The molecule has 4 aliphatic rings. The number of fused-ring (bicyclic) bond motifs is 4. The minimum absolute atomic E-state index is 0. The number of benzene rings is 1. The van der Waals surface area contributed by atoms with E-state index in [0.717, 1.165) is 19.4 Å². The third-order valence-electron chi connectivity index (χ3n) is 6.10. The predicted octanol–water partition coefficient (Wildman–Crippen LogP) is 4.41. The maximum Gasteiger partial charge on any atom is 0.0576 e. The molecule has 3 atom stereocenters. The molecule has 24 heavy (non-hydrogen) atoms. The Morgan fingerprint density at radius 1 is 1.08 bits per heavy atom. The van der Waals surface area contributed by atoms with Crippen LogP contribution in [0.3, 0.4) is 0 Å². The molecule has 2 aliphatic carbocycles. The Labute approximate surface area is 150 Å². The van der Waals surface area contributed by atoms with E-state index in [4.69, 9.17) is 0 Å². The predicted molar refractivity (Wildman–Crippen MR) is 101 cm³/mol. The number of hydrogen-bond acceptors (Lipinski definition) is 2. The molecule has 0 amide bonds. The van der Waals surface area contributed by atoms with Crippen LogP contribution >= 0.6 is 12.4 Å². The van der Waals surface area contributed by atoms with Gasteiger partial charge in [0.25, 0.3) is 0 Å². The largest absolute Gasteiger partial charge is 0.393 e. The summed E-state index contributed by atoms with van der Waals surface area (Å²) >= 11 is 0. The molecule has 1 saturated heterocycles. The Morgan fingerprint density at radius 2 is 1.96 bits per heavy atom. The summed E-state index contributed by atoms with van der Waals surface area (Å²) in [5.74, 6) is 0.588. The molecule has 1 fully saturated rings. The van der Waals surface area contributed by atoms with Crippen molar-refractivity contribution in [3.05, 3.63) is 58.8 Å². The maximum absolute atomic E-state index is 10.2. The Bertz CT molecular complexity index is 748. The van der Waals surface area contributed by atoms with E-state index < -0.39 is 0 Å². The standard InChI is InChI=1S/C21H23NO.ClH/c23-16-10-11-22-13-19-17-6-2-1-4-14(17)8-9-15-5-3-7-18(21(15)19)20(22)12-16;/h1-2,4,6,8-9,13,16,18,20,23H,3,5,7,10-12H2;1H. The van der Waals surface area contributed by atoms with Crippen LogP contribution in [-0.4, -0.2) is 28.7 Å². The third kappa shape index (κ3) is 2.35. The Kier molecular flexibility index (Phi) is 4.06. The normalized spacial score (nSPS) is 30.5. The maximum atomic E-state index is 10.2. The lowest BCUT2D eigenvalue weighted by molar-refractivity contribution is 0.0435. The number of aliphatic hydroxyl groups excluding tert-OH is 1. The van der Waals surface area contributed by atoms with Gasteiger partial charge in [-0.25, -0.2) is 0 Å². The summed E-state index contributed by atoms with van der Waals surface area (Å²) in [6, 6.07) is 9.28. The first kappa shape index (κ1) is 16.0. The van der Waals surface area contributed by atoms with Crippen molar-refractivity contribution >= 4 is 24.1 Å². The topological polar surface area (TPSA) is 23.5 Å². The molecule has 1 aromatic rings. The van der Waals surface area contributed by atoms with Crippen LogP contribution in [0.5, 0.6) is 0 Å². The van der Waals surface area contributed by atoms with Crippen molar-refractivity contribution in [3.8, 4) is 0 Å². The third-order valence-corrected chi connectivity index (χ3v) is 6.10. The van der Waals surface area contributed by atoms with Crippen LogP contribution in [0.15, 0.2) is 47.7 Å². The molecule has 0 saturated carbocycles. The van der Waals surface area contributed by atoms with Gasteiger partial charge in [-0.15, -0.1) is 12.4 Å². The van der Waals surface area contributed by atoms with Crippen molar-refractivity contribution in [1.82, 2.24) is 4.90 Å². The Hall–Kier alpha value is -1.51. The van der Waals surface area contributed by atoms with Crippen LogP contribution in [-0.2, 0) is 0 Å². The highest BCUT2D eigenvalue weighted by Crippen LogP contribution is 2.49. The van der Waals surface area contributed by atoms with E-state index in [-0.39, 0.29) is 18.5 Å². The number of nitrogens with zero attached hydrogens (tertiary/aromatic N) is 1. The second kappa shape index (κ2) is 6.09. The van der Waals surface area contributed by atoms with Gasteiger partial charge in [0.15, 0.2) is 0 Å². The van der Waals surface area contributed by atoms with Crippen molar-refractivity contribution in [3.63, 3.8) is 0 Å². The average molecular weight is 342 g/mol. The van der Waals surface area contributed by atoms with E-state index in [1.54, 1.807) is 5.57 Å². The molecule has 3 heteroatoms. The van der Waals surface area contributed by atoms with Gasteiger partial charge in [0.05, 0.1) is 6.10 Å². The number of piperidine rings is 1. The summed E-state index contributed by atoms with van der Waals surface area (Å²) in [5.41, 5.74) is 7.27. The number of hydrogen-bond donors (Lipinski definition) is 1. The van der Waals surface area contributed by atoms with Gasteiger partial charge in [-0.1, -0.05) is 36.4 Å². The van der Waals surface area contributed by atoms with Crippen molar-refractivity contribution in [2.75, 3.05) is 6.54 Å². The number of aliphatic hydroxyl groups is 1. The van der Waals surface area contributed by atoms with Crippen LogP contribution in [0.2, 0.25) is 0 Å². The quantitative estimate of drug-likeness (QED) is 0.755. The van der Waals surface area contributed by atoms with Crippen molar-refractivity contribution in [2.45, 2.75) is 44.2 Å². The lowest BCUT2D eigenvalue weighted by Gasteiger charge is -2.48. The fourth-order valence-electron chi connectivity index (χ4n) is 5.04. The summed E-state index contributed by atoms with van der Waals surface area (Å²) in [4.78, 5) is 2.53. The van der Waals surface area contributed by atoms with E-state index in [2.05, 4.69) is 47.5 Å². The second-order valence-corrected chi connectivity index (χ2v) is 7.38. The molecule has 3 unspecified atom stereocenters. The molecule has 2 aliphatic heterocycles. The van der Waals surface area contributed by atoms with E-state index in [1.165, 1.54) is 41.5 Å². The van der Waals surface area contributed by atoms with Crippen molar-refractivity contribution in [1.29, 1.82) is 0 Å². The summed E-state index contributed by atoms with van der Waals surface area (Å²) in [7, 11) is 0. The highest BCUT2D eigenvalue weighted by Gasteiger charge is 2.41. The molecule has 0 spiro atoms. The van der Waals surface area contributed by atoms with Crippen LogP contribution in [0, 0.1) is 5.92 Å². The van der Waals surface area contributed by atoms with Gasteiger partial charge in [-0.3, -0.25) is 0 Å². The van der Waals surface area contributed by atoms with Crippen molar-refractivity contribution in [2.24, 2.45) is 5.92 Å². The van der Waals surface area contributed by atoms with Gasteiger partial charge < -0.3 is 10.0 Å². The van der Waals surface area contributed by atoms with E-state index in [1.807, 2.05) is 0 Å². The number of allylic oxidation sites excluding steroid dienone is 3. The first-order chi connectivity index (χ1) is 11.3. The van der Waals surface area contributed by atoms with E-state index in [0.29, 0.717) is 12.0 Å². The van der Waals surface area contributed by atoms with Gasteiger partial charge >= 0.3 is 0 Å². The molecule has 2 heterocycles. The minimum Gasteiger partial charge on any atom is -0.393 e. The van der Waals surface area contributed by atoms with Gasteiger partial charge in [0, 0.05) is 30.3 Å². The molecule has 2 nitrogen and oxygen atoms in total. The summed E-state index contributed by atoms with van der Waals surface area (Å²) in [6.07, 6.45) is 12.5. The first-order valence-electron chi connectivity index (χ1n) is 8.98. The van der Waals surface area contributed by atoms with Crippen molar-refractivity contribution < 1.29 is 5.11 Å². The SMILES string of the molecule is Cl.OC1CCN2C=C3C4=C(C=Cc5ccccc53)CCCC4C2C1. The smallest absolute Gasteiger partial charge is 0.0576 e. The molecule has 1 aromatic carbocycles. The molecule has 126 valence electrons. The average Bonchev–Trinajstić information content (AvgIpc) is 2.74. The Morgan fingerprint density at radius 3 is 2.88 bits per heavy atom. The van der Waals surface area contributed by atoms with Gasteiger partial charge in [0.1, 0.15) is 0 Å². The highest BCUT2D eigenvalue weighted by atomic mass is 35.5. The lowest BCUT2D eigenvalue weighted by atomic mass is 9.70. The van der Waals surface area contributed by atoms with E-state index in [9.17, 15) is 5.11 Å². The van der Waals surface area contributed by atoms with Crippen LogP contribution < -0.4 is 0 Å². The first-order valence-corrected chi connectivity index (χ1v) is 8.98. The minimum atomic E-state index is -0.120. The van der Waals surface area contributed by atoms with Crippen LogP contribution in [0.1, 0.15) is 43.2 Å². The molecular formula is C21H24ClNO. The zero-order valence-corrected chi connectivity index (χ0v) is 14.6. The summed E-state index contributed by atoms with van der Waals surface area (Å²) < 4.78 is 0. The van der Waals surface area contributed by atoms with Crippen LogP contribution in [0.4, 0.5) is 0 Å². The molecule has 0 bridgehead atoms. The molecular weight excluding hydrogens is 318 g/mol. The molecule has 0 aromatic heterocycles. The number of halogens is 1. The zero-order valence-electron chi connectivity index (χ0n) is 13.8. The fourth-order valence-corrected chi connectivity index (χ4v) is 5.04.